The average molecular weight is 472 g/mol. The molecule has 4 rings (SSSR count). The Morgan fingerprint density at radius 2 is 1.63 bits per heavy atom. The molecule has 1 aliphatic heterocycles. The second kappa shape index (κ2) is 11.4. The predicted molar refractivity (Wildman–Crippen MR) is 135 cm³/mol. The summed E-state index contributed by atoms with van der Waals surface area (Å²) in [5.74, 6) is -0.517. The molecule has 0 bridgehead atoms. The van der Waals surface area contributed by atoms with Gasteiger partial charge in [-0.2, -0.15) is 0 Å². The molecule has 0 spiro atoms. The summed E-state index contributed by atoms with van der Waals surface area (Å²) in [6, 6.07) is 25.9. The van der Waals surface area contributed by atoms with Gasteiger partial charge in [0.15, 0.2) is 0 Å². The van der Waals surface area contributed by atoms with Crippen LogP contribution >= 0.6 is 0 Å². The second-order valence-electron chi connectivity index (χ2n) is 8.44. The Hall–Kier alpha value is -3.97. The number of carbonyl (C=O) groups excluding carboxylic acids is 2. The van der Waals surface area contributed by atoms with Gasteiger partial charge in [0.1, 0.15) is 13.2 Å². The monoisotopic (exact) mass is 471 g/mol. The first-order chi connectivity index (χ1) is 17.1. The number of aliphatic hydroxyl groups is 1. The van der Waals surface area contributed by atoms with Crippen LogP contribution in [0.1, 0.15) is 34.9 Å². The van der Waals surface area contributed by atoms with Crippen LogP contribution in [0, 0.1) is 0 Å². The smallest absolute Gasteiger partial charge is 0.254 e. The largest absolute Gasteiger partial charge is 0.399 e. The molecule has 0 saturated carbocycles. The molecule has 2 N–H and O–H groups in total. The SMILES string of the molecule is CON=C1C[C@@H](C(=O)NCC[C@@H](O)c2ccccc2)N(C(=O)c2ccc(-c3ccccc3)cc2)C1. The van der Waals surface area contributed by atoms with Crippen LogP contribution in [0.5, 0.6) is 0 Å². The van der Waals surface area contributed by atoms with E-state index in [0.29, 0.717) is 24.1 Å². The van der Waals surface area contributed by atoms with E-state index in [1.807, 2.05) is 72.8 Å². The number of nitrogens with zero attached hydrogens (tertiary/aromatic N) is 2. The lowest BCUT2D eigenvalue weighted by Crippen LogP contribution is -2.46. The van der Waals surface area contributed by atoms with Gasteiger partial charge in [0.05, 0.1) is 18.4 Å². The maximum Gasteiger partial charge on any atom is 0.254 e. The second-order valence-corrected chi connectivity index (χ2v) is 8.44. The van der Waals surface area contributed by atoms with Gasteiger partial charge in [-0.1, -0.05) is 78.0 Å². The highest BCUT2D eigenvalue weighted by atomic mass is 16.6. The van der Waals surface area contributed by atoms with E-state index in [1.165, 1.54) is 12.0 Å². The lowest BCUT2D eigenvalue weighted by atomic mass is 10.0. The maximum absolute atomic E-state index is 13.3. The standard InChI is InChI=1S/C28H29N3O4/c1-35-30-24-18-25(27(33)29-17-16-26(32)22-10-6-3-7-11-22)31(19-24)28(34)23-14-12-21(13-15-23)20-8-4-2-5-9-20/h2-15,25-26,32H,16-19H2,1H3,(H,29,33)/t25-,26+/m0/s1. The number of likely N-dealkylation sites (tertiary alicyclic amines) is 1. The number of hydrogen-bond acceptors (Lipinski definition) is 5. The highest BCUT2D eigenvalue weighted by Crippen LogP contribution is 2.23. The number of nitrogens with one attached hydrogen (secondary N) is 1. The van der Waals surface area contributed by atoms with Gasteiger partial charge in [-0.05, 0) is 35.2 Å². The molecule has 0 radical (unpaired) electrons. The fourth-order valence-corrected chi connectivity index (χ4v) is 4.24. The topological polar surface area (TPSA) is 91.2 Å². The number of amides is 2. The molecule has 0 aliphatic carbocycles. The molecule has 180 valence electrons. The minimum Gasteiger partial charge on any atom is -0.399 e. The van der Waals surface area contributed by atoms with Crippen molar-refractivity contribution < 1.29 is 19.5 Å². The Morgan fingerprint density at radius 1 is 1.00 bits per heavy atom. The minimum absolute atomic E-state index is 0.220. The Morgan fingerprint density at radius 3 is 2.29 bits per heavy atom. The van der Waals surface area contributed by atoms with Crippen LogP contribution in [0.4, 0.5) is 0 Å². The first-order valence-corrected chi connectivity index (χ1v) is 11.6. The van der Waals surface area contributed by atoms with Crippen molar-refractivity contribution >= 4 is 17.5 Å². The van der Waals surface area contributed by atoms with E-state index in [2.05, 4.69) is 10.5 Å². The number of carbonyl (C=O) groups is 2. The van der Waals surface area contributed by atoms with Crippen molar-refractivity contribution in [3.05, 3.63) is 96.1 Å². The number of aliphatic hydroxyl groups excluding tert-OH is 1. The highest BCUT2D eigenvalue weighted by molar-refractivity contribution is 6.05. The molecule has 35 heavy (non-hydrogen) atoms. The van der Waals surface area contributed by atoms with Crippen LogP contribution < -0.4 is 5.32 Å². The van der Waals surface area contributed by atoms with E-state index < -0.39 is 12.1 Å². The zero-order valence-electron chi connectivity index (χ0n) is 19.6. The molecule has 0 unspecified atom stereocenters. The summed E-state index contributed by atoms with van der Waals surface area (Å²) < 4.78 is 0. The molecule has 7 heteroatoms. The molecule has 2 atom stereocenters. The van der Waals surface area contributed by atoms with Crippen molar-refractivity contribution in [1.29, 1.82) is 0 Å². The van der Waals surface area contributed by atoms with Crippen LogP contribution in [-0.4, -0.2) is 53.8 Å². The molecule has 3 aromatic carbocycles. The molecule has 0 aromatic heterocycles. The van der Waals surface area contributed by atoms with Crippen LogP contribution in [0.3, 0.4) is 0 Å². The fraction of sp³-hybridized carbons (Fsp3) is 0.250. The van der Waals surface area contributed by atoms with E-state index in [-0.39, 0.29) is 24.9 Å². The summed E-state index contributed by atoms with van der Waals surface area (Å²) in [6.45, 7) is 0.508. The molecular weight excluding hydrogens is 442 g/mol. The van der Waals surface area contributed by atoms with Crippen molar-refractivity contribution in [2.75, 3.05) is 20.2 Å². The van der Waals surface area contributed by atoms with Crippen molar-refractivity contribution in [3.63, 3.8) is 0 Å². The summed E-state index contributed by atoms with van der Waals surface area (Å²) in [5, 5.41) is 17.2. The summed E-state index contributed by atoms with van der Waals surface area (Å²) in [4.78, 5) is 32.8. The summed E-state index contributed by atoms with van der Waals surface area (Å²) >= 11 is 0. The van der Waals surface area contributed by atoms with E-state index >= 15 is 0 Å². The van der Waals surface area contributed by atoms with Crippen molar-refractivity contribution in [3.8, 4) is 11.1 Å². The lowest BCUT2D eigenvalue weighted by molar-refractivity contribution is -0.124. The first kappa shape index (κ1) is 24.2. The van der Waals surface area contributed by atoms with Crippen LogP contribution in [-0.2, 0) is 9.63 Å². The third-order valence-electron chi connectivity index (χ3n) is 6.08. The average Bonchev–Trinajstić information content (AvgIpc) is 3.33. The van der Waals surface area contributed by atoms with E-state index in [9.17, 15) is 14.7 Å². The molecule has 1 saturated heterocycles. The Balaban J connectivity index is 1.42. The van der Waals surface area contributed by atoms with E-state index in [0.717, 1.165) is 16.7 Å². The fourth-order valence-electron chi connectivity index (χ4n) is 4.24. The molecule has 1 heterocycles. The van der Waals surface area contributed by atoms with Crippen molar-refractivity contribution in [2.45, 2.75) is 25.0 Å². The van der Waals surface area contributed by atoms with Gasteiger partial charge in [-0.25, -0.2) is 0 Å². The van der Waals surface area contributed by atoms with Gasteiger partial charge in [0.2, 0.25) is 5.91 Å². The van der Waals surface area contributed by atoms with Crippen molar-refractivity contribution in [2.24, 2.45) is 5.16 Å². The normalized spacial score (nSPS) is 17.3. The van der Waals surface area contributed by atoms with Gasteiger partial charge in [-0.3, -0.25) is 9.59 Å². The lowest BCUT2D eigenvalue weighted by Gasteiger charge is -2.24. The van der Waals surface area contributed by atoms with Gasteiger partial charge in [-0.15, -0.1) is 0 Å². The third-order valence-corrected chi connectivity index (χ3v) is 6.08. The zero-order valence-corrected chi connectivity index (χ0v) is 19.6. The van der Waals surface area contributed by atoms with Crippen LogP contribution in [0.2, 0.25) is 0 Å². The summed E-state index contributed by atoms with van der Waals surface area (Å²) in [6.07, 6.45) is -0.00272. The van der Waals surface area contributed by atoms with Gasteiger partial charge < -0.3 is 20.2 Å². The van der Waals surface area contributed by atoms with Gasteiger partial charge >= 0.3 is 0 Å². The number of hydrogen-bond donors (Lipinski definition) is 2. The Labute approximate surface area is 205 Å². The quantitative estimate of drug-likeness (QED) is 0.489. The molecule has 1 fully saturated rings. The molecule has 1 aliphatic rings. The third kappa shape index (κ3) is 5.94. The Kier molecular flexibility index (Phi) is 7.90. The highest BCUT2D eigenvalue weighted by Gasteiger charge is 2.38. The van der Waals surface area contributed by atoms with Crippen LogP contribution in [0.15, 0.2) is 90.1 Å². The van der Waals surface area contributed by atoms with Gasteiger partial charge in [0, 0.05) is 18.5 Å². The molecular formula is C28H29N3O4. The number of benzene rings is 3. The molecule has 2 amide bonds. The predicted octanol–water partition coefficient (Wildman–Crippen LogP) is 3.81. The minimum atomic E-state index is -0.695. The Bertz CT molecular complexity index is 1160. The number of oxime groups is 1. The molecule has 7 nitrogen and oxygen atoms in total. The van der Waals surface area contributed by atoms with E-state index in [1.54, 1.807) is 12.1 Å². The van der Waals surface area contributed by atoms with Crippen LogP contribution in [0.25, 0.3) is 11.1 Å². The summed E-state index contributed by atoms with van der Waals surface area (Å²) in [5.41, 5.74) is 4.01. The first-order valence-electron chi connectivity index (χ1n) is 11.6. The molecule has 3 aromatic rings. The zero-order chi connectivity index (χ0) is 24.6. The van der Waals surface area contributed by atoms with Gasteiger partial charge in [0.25, 0.3) is 5.91 Å². The summed E-state index contributed by atoms with van der Waals surface area (Å²) in [7, 11) is 1.44. The number of rotatable bonds is 8. The van der Waals surface area contributed by atoms with E-state index in [4.69, 9.17) is 4.84 Å². The van der Waals surface area contributed by atoms with Crippen molar-refractivity contribution in [1.82, 2.24) is 10.2 Å². The maximum atomic E-state index is 13.3.